The molecule has 1 amide bonds. The quantitative estimate of drug-likeness (QED) is 0.815. The van der Waals surface area contributed by atoms with E-state index in [1.165, 1.54) is 4.90 Å². The maximum atomic E-state index is 11.2. The van der Waals surface area contributed by atoms with Gasteiger partial charge in [0.15, 0.2) is 0 Å². The lowest BCUT2D eigenvalue weighted by Crippen LogP contribution is -2.60. The zero-order valence-corrected chi connectivity index (χ0v) is 15.2. The summed E-state index contributed by atoms with van der Waals surface area (Å²) in [4.78, 5) is 16.9. The molecule has 3 rings (SSSR count). The Hall–Kier alpha value is -1.66. The van der Waals surface area contributed by atoms with E-state index in [9.17, 15) is 15.0 Å². The molecule has 138 valence electrons. The summed E-state index contributed by atoms with van der Waals surface area (Å²) in [6.45, 7) is 7.25. The van der Waals surface area contributed by atoms with E-state index in [-0.39, 0.29) is 5.41 Å². The molecule has 0 aliphatic carbocycles. The third kappa shape index (κ3) is 3.25. The molecule has 6 nitrogen and oxygen atoms in total. The summed E-state index contributed by atoms with van der Waals surface area (Å²) in [6, 6.07) is 3.91. The van der Waals surface area contributed by atoms with E-state index >= 15 is 0 Å². The summed E-state index contributed by atoms with van der Waals surface area (Å²) in [5, 5.41) is 19.9. The van der Waals surface area contributed by atoms with Crippen LogP contribution in [0.1, 0.15) is 52.0 Å². The van der Waals surface area contributed by atoms with Crippen LogP contribution in [0.25, 0.3) is 0 Å². The van der Waals surface area contributed by atoms with Gasteiger partial charge in [0.05, 0.1) is 11.7 Å². The molecule has 2 unspecified atom stereocenters. The van der Waals surface area contributed by atoms with Crippen molar-refractivity contribution in [2.45, 2.75) is 63.8 Å². The van der Waals surface area contributed by atoms with Crippen LogP contribution in [-0.2, 0) is 10.3 Å². The minimum atomic E-state index is -0.888. The Morgan fingerprint density at radius 2 is 2.00 bits per heavy atom. The highest BCUT2D eigenvalue weighted by Crippen LogP contribution is 2.54. The Bertz CT molecular complexity index is 620. The van der Waals surface area contributed by atoms with E-state index in [1.54, 1.807) is 6.20 Å². The van der Waals surface area contributed by atoms with Gasteiger partial charge in [-0.25, -0.2) is 4.79 Å². The van der Waals surface area contributed by atoms with Crippen LogP contribution in [0.3, 0.4) is 0 Å². The largest absolute Gasteiger partial charge is 0.465 e. The monoisotopic (exact) mass is 348 g/mol. The Kier molecular flexibility index (Phi) is 4.54. The summed E-state index contributed by atoms with van der Waals surface area (Å²) in [7, 11) is 0. The number of hydrogen-bond donors (Lipinski definition) is 2. The summed E-state index contributed by atoms with van der Waals surface area (Å²) < 4.78 is 6.83. The van der Waals surface area contributed by atoms with Crippen LogP contribution in [0.15, 0.2) is 24.5 Å². The highest BCUT2D eigenvalue weighted by molar-refractivity contribution is 5.65. The summed E-state index contributed by atoms with van der Waals surface area (Å²) in [5.74, 6) is 0. The van der Waals surface area contributed by atoms with Gasteiger partial charge in [-0.1, -0.05) is 26.8 Å². The molecular weight excluding hydrogens is 320 g/mol. The van der Waals surface area contributed by atoms with E-state index in [4.69, 9.17) is 4.74 Å². The number of nitrogens with zero attached hydrogens (tertiary/aromatic N) is 2. The molecule has 0 bridgehead atoms. The number of aliphatic hydroxyl groups is 1. The molecule has 1 aromatic rings. The van der Waals surface area contributed by atoms with E-state index in [1.807, 2.05) is 18.3 Å². The van der Waals surface area contributed by atoms with E-state index < -0.39 is 23.4 Å². The zero-order valence-electron chi connectivity index (χ0n) is 15.2. The van der Waals surface area contributed by atoms with Gasteiger partial charge >= 0.3 is 6.09 Å². The van der Waals surface area contributed by atoms with Crippen molar-refractivity contribution in [3.63, 3.8) is 0 Å². The van der Waals surface area contributed by atoms with Gasteiger partial charge in [0.25, 0.3) is 0 Å². The number of likely N-dealkylation sites (tertiary alicyclic amines) is 1. The fraction of sp³-hybridized carbons (Fsp3) is 0.684. The number of carbonyl (C=O) groups is 1. The lowest BCUT2D eigenvalue weighted by Gasteiger charge is -2.57. The smallest absolute Gasteiger partial charge is 0.407 e. The number of rotatable bonds is 1. The second-order valence-electron chi connectivity index (χ2n) is 8.44. The topological polar surface area (TPSA) is 82.9 Å². The minimum Gasteiger partial charge on any atom is -0.465 e. The molecule has 3 heterocycles. The Morgan fingerprint density at radius 3 is 2.52 bits per heavy atom. The number of aromatic nitrogens is 1. The van der Waals surface area contributed by atoms with Crippen LogP contribution in [0.2, 0.25) is 0 Å². The van der Waals surface area contributed by atoms with Crippen molar-refractivity contribution in [3.05, 3.63) is 30.1 Å². The number of ether oxygens (including phenoxy) is 1. The molecule has 25 heavy (non-hydrogen) atoms. The number of aliphatic hydroxyl groups excluding tert-OH is 1. The van der Waals surface area contributed by atoms with Crippen LogP contribution in [0.5, 0.6) is 0 Å². The fourth-order valence-corrected chi connectivity index (χ4v) is 4.37. The molecule has 0 radical (unpaired) electrons. The molecule has 2 aliphatic heterocycles. The van der Waals surface area contributed by atoms with Gasteiger partial charge in [-0.05, 0) is 24.3 Å². The highest BCUT2D eigenvalue weighted by Gasteiger charge is 2.56. The molecule has 1 spiro atoms. The zero-order chi connectivity index (χ0) is 18.3. The summed E-state index contributed by atoms with van der Waals surface area (Å²) in [6.07, 6.45) is 4.47. The standard InChI is InChI=1S/C19H28N2O4/c1-17(2,3)19(14-5-4-8-20-13-14)12-15(22)11-18(25-19)6-9-21(10-7-18)16(23)24/h4-5,8,13,15,22H,6-7,9-12H2,1-3H3,(H,23,24). The van der Waals surface area contributed by atoms with Crippen molar-refractivity contribution < 1.29 is 19.7 Å². The van der Waals surface area contributed by atoms with Gasteiger partial charge in [0.1, 0.15) is 5.60 Å². The van der Waals surface area contributed by atoms with Crippen LogP contribution in [-0.4, -0.2) is 51.0 Å². The third-order valence-electron chi connectivity index (χ3n) is 5.81. The molecule has 2 aliphatic rings. The number of carboxylic acid groups (broad SMARTS) is 1. The van der Waals surface area contributed by atoms with Crippen LogP contribution >= 0.6 is 0 Å². The van der Waals surface area contributed by atoms with E-state index in [2.05, 4.69) is 25.8 Å². The van der Waals surface area contributed by atoms with Crippen LogP contribution < -0.4 is 0 Å². The van der Waals surface area contributed by atoms with Crippen molar-refractivity contribution in [2.24, 2.45) is 5.41 Å². The van der Waals surface area contributed by atoms with Gasteiger partial charge in [-0.3, -0.25) is 4.98 Å². The predicted molar refractivity (Wildman–Crippen MR) is 93.3 cm³/mol. The highest BCUT2D eigenvalue weighted by atomic mass is 16.5. The Labute approximate surface area is 148 Å². The van der Waals surface area contributed by atoms with E-state index in [0.29, 0.717) is 38.8 Å². The molecule has 0 aromatic carbocycles. The SMILES string of the molecule is CC(C)(C)C1(c2cccnc2)CC(O)CC2(CCN(C(=O)O)CC2)O1. The number of piperidine rings is 1. The van der Waals surface area contributed by atoms with Gasteiger partial charge in [0.2, 0.25) is 0 Å². The first-order valence-electron chi connectivity index (χ1n) is 8.94. The Morgan fingerprint density at radius 1 is 1.32 bits per heavy atom. The van der Waals surface area contributed by atoms with Crippen LogP contribution in [0, 0.1) is 5.41 Å². The Balaban J connectivity index is 1.96. The van der Waals surface area contributed by atoms with Crippen molar-refractivity contribution in [2.75, 3.05) is 13.1 Å². The van der Waals surface area contributed by atoms with Gasteiger partial charge in [-0.15, -0.1) is 0 Å². The molecule has 2 atom stereocenters. The predicted octanol–water partition coefficient (Wildman–Crippen LogP) is 3.01. The minimum absolute atomic E-state index is 0.242. The second-order valence-corrected chi connectivity index (χ2v) is 8.44. The summed E-state index contributed by atoms with van der Waals surface area (Å²) in [5.41, 5.74) is -0.410. The molecule has 0 saturated carbocycles. The van der Waals surface area contributed by atoms with Crippen molar-refractivity contribution in [1.29, 1.82) is 0 Å². The van der Waals surface area contributed by atoms with Gasteiger partial charge in [0, 0.05) is 43.9 Å². The molecular formula is C19H28N2O4. The average molecular weight is 348 g/mol. The number of amides is 1. The number of pyridine rings is 1. The van der Waals surface area contributed by atoms with Crippen molar-refractivity contribution >= 4 is 6.09 Å². The molecule has 1 aromatic heterocycles. The van der Waals surface area contributed by atoms with Crippen molar-refractivity contribution in [1.82, 2.24) is 9.88 Å². The van der Waals surface area contributed by atoms with Gasteiger partial charge < -0.3 is 19.8 Å². The third-order valence-corrected chi connectivity index (χ3v) is 5.81. The fourth-order valence-electron chi connectivity index (χ4n) is 4.37. The average Bonchev–Trinajstić information content (AvgIpc) is 2.54. The first kappa shape index (κ1) is 18.1. The number of hydrogen-bond acceptors (Lipinski definition) is 4. The normalized spacial score (nSPS) is 29.6. The molecule has 2 N–H and O–H groups in total. The molecule has 2 fully saturated rings. The summed E-state index contributed by atoms with van der Waals surface area (Å²) >= 11 is 0. The molecule has 6 heteroatoms. The van der Waals surface area contributed by atoms with Crippen molar-refractivity contribution in [3.8, 4) is 0 Å². The van der Waals surface area contributed by atoms with E-state index in [0.717, 1.165) is 5.56 Å². The lowest BCUT2D eigenvalue weighted by atomic mass is 9.65. The maximum Gasteiger partial charge on any atom is 0.407 e. The first-order chi connectivity index (χ1) is 11.7. The maximum absolute atomic E-state index is 11.2. The van der Waals surface area contributed by atoms with Gasteiger partial charge in [-0.2, -0.15) is 0 Å². The van der Waals surface area contributed by atoms with Crippen LogP contribution in [0.4, 0.5) is 4.79 Å². The molecule has 2 saturated heterocycles. The first-order valence-corrected chi connectivity index (χ1v) is 8.94. The lowest BCUT2D eigenvalue weighted by molar-refractivity contribution is -0.271. The second kappa shape index (κ2) is 6.25.